The largest absolute Gasteiger partial charge is 0.487 e. The number of fused-ring (bicyclic) bond motifs is 2. The molecule has 5 aromatic heterocycles. The van der Waals surface area contributed by atoms with Crippen LogP contribution in [0.5, 0.6) is 5.75 Å². The molecule has 0 atom stereocenters. The van der Waals surface area contributed by atoms with Gasteiger partial charge in [0.1, 0.15) is 18.1 Å². The maximum atomic E-state index is 5.97. The van der Waals surface area contributed by atoms with E-state index in [0.717, 1.165) is 55.6 Å². The summed E-state index contributed by atoms with van der Waals surface area (Å²) < 4.78 is 5.97. The summed E-state index contributed by atoms with van der Waals surface area (Å²) >= 11 is 0. The van der Waals surface area contributed by atoms with E-state index in [-0.39, 0.29) is 0 Å². The first-order chi connectivity index (χ1) is 18.8. The zero-order valence-electron chi connectivity index (χ0n) is 20.2. The van der Waals surface area contributed by atoms with Gasteiger partial charge < -0.3 is 9.72 Å². The molecule has 0 aliphatic heterocycles. The fraction of sp³-hybridized carbons (Fsp3) is 0.0333. The van der Waals surface area contributed by atoms with Crippen LogP contribution in [0.1, 0.15) is 5.56 Å². The lowest BCUT2D eigenvalue weighted by Crippen LogP contribution is -1.96. The Morgan fingerprint density at radius 1 is 0.763 bits per heavy atom. The van der Waals surface area contributed by atoms with Gasteiger partial charge in [-0.1, -0.05) is 48.5 Å². The van der Waals surface area contributed by atoms with E-state index in [4.69, 9.17) is 9.72 Å². The molecule has 2 N–H and O–H groups in total. The van der Waals surface area contributed by atoms with Crippen molar-refractivity contribution >= 4 is 21.9 Å². The van der Waals surface area contributed by atoms with Crippen molar-refractivity contribution in [1.82, 2.24) is 35.1 Å². The van der Waals surface area contributed by atoms with Crippen molar-refractivity contribution in [1.29, 1.82) is 0 Å². The predicted molar refractivity (Wildman–Crippen MR) is 146 cm³/mol. The summed E-state index contributed by atoms with van der Waals surface area (Å²) in [6.45, 7) is 0.470. The minimum atomic E-state index is 0.470. The van der Waals surface area contributed by atoms with Gasteiger partial charge in [-0.2, -0.15) is 5.10 Å². The summed E-state index contributed by atoms with van der Waals surface area (Å²) in [6, 6.07) is 24.0. The molecule has 0 fully saturated rings. The van der Waals surface area contributed by atoms with Crippen LogP contribution >= 0.6 is 0 Å². The number of hydrogen-bond acceptors (Lipinski definition) is 6. The van der Waals surface area contributed by atoms with Crippen molar-refractivity contribution in [3.63, 3.8) is 0 Å². The third kappa shape index (κ3) is 4.04. The van der Waals surface area contributed by atoms with Gasteiger partial charge in [0.05, 0.1) is 34.6 Å². The van der Waals surface area contributed by atoms with Gasteiger partial charge in [0.25, 0.3) is 0 Å². The first-order valence-corrected chi connectivity index (χ1v) is 12.2. The van der Waals surface area contributed by atoms with Gasteiger partial charge in [0.15, 0.2) is 5.82 Å². The first-order valence-electron chi connectivity index (χ1n) is 12.2. The van der Waals surface area contributed by atoms with Gasteiger partial charge in [0, 0.05) is 40.7 Å². The lowest BCUT2D eigenvalue weighted by Gasteiger charge is -2.08. The van der Waals surface area contributed by atoms with Crippen LogP contribution in [-0.2, 0) is 6.61 Å². The molecule has 5 heterocycles. The lowest BCUT2D eigenvalue weighted by atomic mass is 10.1. The third-order valence-corrected chi connectivity index (χ3v) is 6.41. The predicted octanol–water partition coefficient (Wildman–Crippen LogP) is 6.20. The summed E-state index contributed by atoms with van der Waals surface area (Å²) in [7, 11) is 0. The van der Waals surface area contributed by atoms with Crippen molar-refractivity contribution in [3.8, 4) is 39.7 Å². The van der Waals surface area contributed by atoms with E-state index >= 15 is 0 Å². The number of hydrogen-bond donors (Lipinski definition) is 2. The highest BCUT2D eigenvalue weighted by Gasteiger charge is 2.16. The highest BCUT2D eigenvalue weighted by molar-refractivity contribution is 5.97. The summed E-state index contributed by atoms with van der Waals surface area (Å²) in [5.74, 6) is 1.36. The number of nitrogens with one attached hydrogen (secondary N) is 2. The van der Waals surface area contributed by atoms with Gasteiger partial charge in [-0.05, 0) is 29.8 Å². The number of imidazole rings is 1. The van der Waals surface area contributed by atoms with E-state index in [1.807, 2.05) is 72.9 Å². The Hall–Kier alpha value is -5.37. The Balaban J connectivity index is 1.24. The van der Waals surface area contributed by atoms with E-state index in [1.165, 1.54) is 0 Å². The number of ether oxygens (including phenoxy) is 1. The number of aromatic amines is 2. The maximum absolute atomic E-state index is 5.97. The normalized spacial score (nSPS) is 11.3. The quantitative estimate of drug-likeness (QED) is 0.284. The molecule has 0 saturated carbocycles. The molecule has 182 valence electrons. The monoisotopic (exact) mass is 495 g/mol. The molecule has 0 saturated heterocycles. The molecular formula is C30H21N7O. The average Bonchev–Trinajstić information content (AvgIpc) is 3.61. The molecule has 0 amide bonds. The summed E-state index contributed by atoms with van der Waals surface area (Å²) in [5.41, 5.74) is 8.08. The number of para-hydroxylation sites is 1. The number of benzene rings is 2. The van der Waals surface area contributed by atoms with Crippen LogP contribution in [0.3, 0.4) is 0 Å². The molecule has 8 nitrogen and oxygen atoms in total. The molecule has 0 bridgehead atoms. The molecule has 2 aromatic carbocycles. The molecule has 7 rings (SSSR count). The van der Waals surface area contributed by atoms with Crippen molar-refractivity contribution < 1.29 is 4.74 Å². The second-order valence-electron chi connectivity index (χ2n) is 8.90. The number of H-pyrrole nitrogens is 2. The molecule has 8 heteroatoms. The topological polar surface area (TPSA) is 105 Å². The first kappa shape index (κ1) is 21.9. The Morgan fingerprint density at radius 3 is 2.58 bits per heavy atom. The van der Waals surface area contributed by atoms with Crippen molar-refractivity contribution in [3.05, 3.63) is 109 Å². The van der Waals surface area contributed by atoms with Crippen molar-refractivity contribution in [2.45, 2.75) is 6.61 Å². The van der Waals surface area contributed by atoms with E-state index in [0.29, 0.717) is 18.2 Å². The van der Waals surface area contributed by atoms with Crippen LogP contribution in [0.25, 0.3) is 55.8 Å². The summed E-state index contributed by atoms with van der Waals surface area (Å²) in [4.78, 5) is 21.6. The second kappa shape index (κ2) is 9.25. The number of rotatable bonds is 6. The number of pyridine rings is 3. The van der Waals surface area contributed by atoms with E-state index in [9.17, 15) is 0 Å². The molecule has 0 unspecified atom stereocenters. The Kier molecular flexibility index (Phi) is 5.33. The molecule has 0 aliphatic rings. The van der Waals surface area contributed by atoms with Crippen LogP contribution in [0.4, 0.5) is 0 Å². The minimum absolute atomic E-state index is 0.470. The standard InChI is InChI=1S/C30H21N7O/c1-2-6-19(7-3-1)18-38-22-12-21(15-32-16-22)26-13-24-27(17-33-26)36-37-29(24)30-34-25-10-4-9-23(28(25)35-30)20-8-5-11-31-14-20/h1-17H,18H2,(H,34,35)(H,36,37). The molecule has 7 aromatic rings. The van der Waals surface area contributed by atoms with Gasteiger partial charge in [0.2, 0.25) is 0 Å². The van der Waals surface area contributed by atoms with Crippen LogP contribution in [0.15, 0.2) is 104 Å². The van der Waals surface area contributed by atoms with Crippen LogP contribution in [0.2, 0.25) is 0 Å². The maximum Gasteiger partial charge on any atom is 0.159 e. The van der Waals surface area contributed by atoms with E-state index in [1.54, 1.807) is 24.8 Å². The molecule has 0 spiro atoms. The Labute approximate surface area is 217 Å². The lowest BCUT2D eigenvalue weighted by molar-refractivity contribution is 0.305. The van der Waals surface area contributed by atoms with Gasteiger partial charge in [-0.25, -0.2) is 4.98 Å². The Bertz CT molecular complexity index is 1880. The third-order valence-electron chi connectivity index (χ3n) is 6.41. The van der Waals surface area contributed by atoms with Gasteiger partial charge in [-0.3, -0.25) is 20.1 Å². The van der Waals surface area contributed by atoms with Crippen molar-refractivity contribution in [2.75, 3.05) is 0 Å². The van der Waals surface area contributed by atoms with Gasteiger partial charge in [-0.15, -0.1) is 0 Å². The van der Waals surface area contributed by atoms with Crippen LogP contribution in [0, 0.1) is 0 Å². The minimum Gasteiger partial charge on any atom is -0.487 e. The Morgan fingerprint density at radius 2 is 1.68 bits per heavy atom. The second-order valence-corrected chi connectivity index (χ2v) is 8.90. The zero-order valence-corrected chi connectivity index (χ0v) is 20.2. The van der Waals surface area contributed by atoms with E-state index in [2.05, 4.69) is 36.2 Å². The highest BCUT2D eigenvalue weighted by atomic mass is 16.5. The fourth-order valence-electron chi connectivity index (χ4n) is 4.53. The number of nitrogens with zero attached hydrogens (tertiary/aromatic N) is 5. The molecule has 0 radical (unpaired) electrons. The SMILES string of the molecule is c1ccc(COc2cncc(-c3cc4c(-c5nc6c(-c7cccnc7)cccc6[nH]5)n[nH]c4cn3)c2)cc1. The summed E-state index contributed by atoms with van der Waals surface area (Å²) in [5, 5.41) is 8.56. The highest BCUT2D eigenvalue weighted by Crippen LogP contribution is 2.32. The van der Waals surface area contributed by atoms with Crippen LogP contribution in [-0.4, -0.2) is 35.1 Å². The smallest absolute Gasteiger partial charge is 0.159 e. The van der Waals surface area contributed by atoms with Crippen molar-refractivity contribution in [2.24, 2.45) is 0 Å². The molecule has 0 aliphatic carbocycles. The van der Waals surface area contributed by atoms with Crippen LogP contribution < -0.4 is 4.74 Å². The summed E-state index contributed by atoms with van der Waals surface area (Å²) in [6.07, 6.45) is 8.88. The molecular weight excluding hydrogens is 474 g/mol. The zero-order chi connectivity index (χ0) is 25.3. The number of aromatic nitrogens is 7. The van der Waals surface area contributed by atoms with Gasteiger partial charge >= 0.3 is 0 Å². The fourth-order valence-corrected chi connectivity index (χ4v) is 4.53. The van der Waals surface area contributed by atoms with E-state index < -0.39 is 0 Å². The molecule has 38 heavy (non-hydrogen) atoms. The average molecular weight is 496 g/mol.